The highest BCUT2D eigenvalue weighted by molar-refractivity contribution is 5.78. The molecule has 2 N–H and O–H groups in total. The van der Waals surface area contributed by atoms with Crippen molar-refractivity contribution in [3.63, 3.8) is 0 Å². The van der Waals surface area contributed by atoms with Gasteiger partial charge in [0.25, 0.3) is 0 Å². The minimum atomic E-state index is -4.46. The van der Waals surface area contributed by atoms with Gasteiger partial charge in [-0.1, -0.05) is 42.5 Å². The molecule has 134 valence electrons. The fraction of sp³-hybridized carbons (Fsp3) is 0.316. The van der Waals surface area contributed by atoms with Crippen LogP contribution >= 0.6 is 0 Å². The minimum Gasteiger partial charge on any atom is -0.355 e. The van der Waals surface area contributed by atoms with Crippen LogP contribution in [0.4, 0.5) is 13.2 Å². The van der Waals surface area contributed by atoms with Crippen LogP contribution in [0, 0.1) is 0 Å². The Morgan fingerprint density at radius 2 is 1.80 bits per heavy atom. The van der Waals surface area contributed by atoms with Gasteiger partial charge in [-0.25, -0.2) is 0 Å². The van der Waals surface area contributed by atoms with Crippen molar-refractivity contribution in [2.45, 2.75) is 26.1 Å². The largest absolute Gasteiger partial charge is 0.417 e. The Hall–Kier alpha value is -2.34. The Kier molecular flexibility index (Phi) is 6.20. The molecule has 2 rings (SSSR count). The molecule has 0 saturated carbocycles. The lowest BCUT2D eigenvalue weighted by Crippen LogP contribution is -2.34. The highest BCUT2D eigenvalue weighted by Gasteiger charge is 2.34. The van der Waals surface area contributed by atoms with Crippen molar-refractivity contribution < 1.29 is 18.0 Å². The van der Waals surface area contributed by atoms with E-state index in [0.717, 1.165) is 6.07 Å². The molecule has 2 aromatic carbocycles. The zero-order valence-corrected chi connectivity index (χ0v) is 14.2. The van der Waals surface area contributed by atoms with Gasteiger partial charge in [-0.2, -0.15) is 13.2 Å². The second kappa shape index (κ2) is 8.16. The summed E-state index contributed by atoms with van der Waals surface area (Å²) < 4.78 is 40.5. The second-order valence-electron chi connectivity index (χ2n) is 5.72. The summed E-state index contributed by atoms with van der Waals surface area (Å²) in [7, 11) is 0. The van der Waals surface area contributed by atoms with Gasteiger partial charge >= 0.3 is 6.18 Å². The van der Waals surface area contributed by atoms with Gasteiger partial charge in [0.2, 0.25) is 5.91 Å². The third-order valence-corrected chi connectivity index (χ3v) is 3.88. The van der Waals surface area contributed by atoms with E-state index < -0.39 is 11.7 Å². The number of benzene rings is 2. The van der Waals surface area contributed by atoms with E-state index in [-0.39, 0.29) is 24.1 Å². The van der Waals surface area contributed by atoms with E-state index in [1.54, 1.807) is 50.2 Å². The smallest absolute Gasteiger partial charge is 0.355 e. The second-order valence-corrected chi connectivity index (χ2v) is 5.72. The Labute approximate surface area is 145 Å². The molecule has 0 aliphatic carbocycles. The number of alkyl halides is 3. The number of nitrogens with one attached hydrogen (secondary N) is 2. The maximum atomic E-state index is 13.5. The SMILES string of the molecule is CCNC(=O)CNC(C)c1ccc(-c2ccccc2)c(C(F)(F)F)c1. The van der Waals surface area contributed by atoms with Gasteiger partial charge < -0.3 is 10.6 Å². The molecule has 0 fully saturated rings. The van der Waals surface area contributed by atoms with Gasteiger partial charge in [0.05, 0.1) is 12.1 Å². The molecule has 25 heavy (non-hydrogen) atoms. The molecule has 0 radical (unpaired) electrons. The van der Waals surface area contributed by atoms with Crippen LogP contribution < -0.4 is 10.6 Å². The fourth-order valence-corrected chi connectivity index (χ4v) is 2.56. The van der Waals surface area contributed by atoms with Crippen molar-refractivity contribution in [3.8, 4) is 11.1 Å². The van der Waals surface area contributed by atoms with Crippen molar-refractivity contribution >= 4 is 5.91 Å². The molecule has 0 heterocycles. The van der Waals surface area contributed by atoms with E-state index in [1.165, 1.54) is 6.07 Å². The monoisotopic (exact) mass is 350 g/mol. The highest BCUT2D eigenvalue weighted by atomic mass is 19.4. The summed E-state index contributed by atoms with van der Waals surface area (Å²) in [6.45, 7) is 4.10. The van der Waals surface area contributed by atoms with Crippen molar-refractivity contribution in [2.24, 2.45) is 0 Å². The van der Waals surface area contributed by atoms with Crippen molar-refractivity contribution in [1.82, 2.24) is 10.6 Å². The molecule has 0 aliphatic rings. The van der Waals surface area contributed by atoms with Crippen molar-refractivity contribution in [1.29, 1.82) is 0 Å². The van der Waals surface area contributed by atoms with Crippen LogP contribution in [0.5, 0.6) is 0 Å². The molecular formula is C19H21F3N2O. The van der Waals surface area contributed by atoms with Crippen LogP contribution in [0.1, 0.15) is 31.0 Å². The maximum Gasteiger partial charge on any atom is 0.417 e. The summed E-state index contributed by atoms with van der Waals surface area (Å²) in [6.07, 6.45) is -4.46. The molecule has 1 amide bonds. The van der Waals surface area contributed by atoms with Crippen molar-refractivity contribution in [2.75, 3.05) is 13.1 Å². The molecule has 2 aromatic rings. The first-order valence-electron chi connectivity index (χ1n) is 8.09. The first kappa shape index (κ1) is 19.0. The van der Waals surface area contributed by atoms with Gasteiger partial charge in [0, 0.05) is 12.6 Å². The van der Waals surface area contributed by atoms with Crippen LogP contribution in [0.2, 0.25) is 0 Å². The fourth-order valence-electron chi connectivity index (χ4n) is 2.56. The molecule has 1 atom stereocenters. The number of carbonyl (C=O) groups excluding carboxylic acids is 1. The van der Waals surface area contributed by atoms with Gasteiger partial charge in [-0.05, 0) is 36.6 Å². The normalized spacial score (nSPS) is 12.7. The molecule has 3 nitrogen and oxygen atoms in total. The molecule has 0 spiro atoms. The number of halogens is 3. The first-order valence-corrected chi connectivity index (χ1v) is 8.09. The van der Waals surface area contributed by atoms with Gasteiger partial charge in [0.1, 0.15) is 0 Å². The van der Waals surface area contributed by atoms with E-state index in [9.17, 15) is 18.0 Å². The molecule has 0 saturated heterocycles. The molecule has 6 heteroatoms. The lowest BCUT2D eigenvalue weighted by atomic mass is 9.95. The third-order valence-electron chi connectivity index (χ3n) is 3.88. The molecule has 0 aliphatic heterocycles. The maximum absolute atomic E-state index is 13.5. The number of amides is 1. The Morgan fingerprint density at radius 3 is 2.40 bits per heavy atom. The van der Waals surface area contributed by atoms with E-state index in [1.807, 2.05) is 0 Å². The summed E-state index contributed by atoms with van der Waals surface area (Å²) in [6, 6.07) is 12.4. The summed E-state index contributed by atoms with van der Waals surface area (Å²) in [5.41, 5.74) is 0.469. The van der Waals surface area contributed by atoms with E-state index in [2.05, 4.69) is 10.6 Å². The van der Waals surface area contributed by atoms with Crippen LogP contribution in [-0.4, -0.2) is 19.0 Å². The van der Waals surface area contributed by atoms with Gasteiger partial charge in [-0.15, -0.1) is 0 Å². The molecule has 0 bridgehead atoms. The number of hydrogen-bond donors (Lipinski definition) is 2. The average molecular weight is 350 g/mol. The minimum absolute atomic E-state index is 0.0524. The van der Waals surface area contributed by atoms with Crippen LogP contribution in [0.15, 0.2) is 48.5 Å². The summed E-state index contributed by atoms with van der Waals surface area (Å²) >= 11 is 0. The van der Waals surface area contributed by atoms with Crippen LogP contribution in [-0.2, 0) is 11.0 Å². The lowest BCUT2D eigenvalue weighted by molar-refractivity contribution is -0.137. The Balaban J connectivity index is 2.28. The van der Waals surface area contributed by atoms with Gasteiger partial charge in [-0.3, -0.25) is 4.79 Å². The summed E-state index contributed by atoms with van der Waals surface area (Å²) in [4.78, 5) is 11.5. The predicted octanol–water partition coefficient (Wildman–Crippen LogP) is 4.16. The summed E-state index contributed by atoms with van der Waals surface area (Å²) in [5, 5.41) is 5.58. The molecule has 1 unspecified atom stereocenters. The van der Waals surface area contributed by atoms with Crippen molar-refractivity contribution in [3.05, 3.63) is 59.7 Å². The standard InChI is InChI=1S/C19H21F3N2O/c1-3-23-18(25)12-24-13(2)15-9-10-16(14-7-5-4-6-8-14)17(11-15)19(20,21)22/h4-11,13,24H,3,12H2,1-2H3,(H,23,25). The number of likely N-dealkylation sites (N-methyl/N-ethyl adjacent to an activating group) is 1. The number of carbonyl (C=O) groups is 1. The summed E-state index contributed by atoms with van der Waals surface area (Å²) in [5.74, 6) is -0.189. The third kappa shape index (κ3) is 5.06. The Morgan fingerprint density at radius 1 is 1.12 bits per heavy atom. The van der Waals surface area contributed by atoms with E-state index >= 15 is 0 Å². The van der Waals surface area contributed by atoms with E-state index in [0.29, 0.717) is 17.7 Å². The zero-order chi connectivity index (χ0) is 18.4. The topological polar surface area (TPSA) is 41.1 Å². The quantitative estimate of drug-likeness (QED) is 0.821. The van der Waals surface area contributed by atoms with Gasteiger partial charge in [0.15, 0.2) is 0 Å². The number of hydrogen-bond acceptors (Lipinski definition) is 2. The zero-order valence-electron chi connectivity index (χ0n) is 14.2. The first-order chi connectivity index (χ1) is 11.8. The molecular weight excluding hydrogens is 329 g/mol. The van der Waals surface area contributed by atoms with E-state index in [4.69, 9.17) is 0 Å². The number of rotatable bonds is 6. The lowest BCUT2D eigenvalue weighted by Gasteiger charge is -2.19. The van der Waals surface area contributed by atoms with Crippen LogP contribution in [0.3, 0.4) is 0 Å². The Bertz CT molecular complexity index is 714. The molecule has 0 aromatic heterocycles. The van der Waals surface area contributed by atoms with Crippen LogP contribution in [0.25, 0.3) is 11.1 Å². The predicted molar refractivity (Wildman–Crippen MR) is 92.0 cm³/mol. The highest BCUT2D eigenvalue weighted by Crippen LogP contribution is 2.38. The average Bonchev–Trinajstić information content (AvgIpc) is 2.59.